The Hall–Kier alpha value is -1.85. The van der Waals surface area contributed by atoms with E-state index < -0.39 is 0 Å². The summed E-state index contributed by atoms with van der Waals surface area (Å²) in [5.74, 6) is 0.113. The number of rotatable bonds is 4. The van der Waals surface area contributed by atoms with Crippen LogP contribution in [0.15, 0.2) is 24.3 Å². The number of hydrogen-bond donors (Lipinski definition) is 2. The summed E-state index contributed by atoms with van der Waals surface area (Å²) in [6.07, 6.45) is 4.63. The van der Waals surface area contributed by atoms with Crippen LogP contribution in [0.1, 0.15) is 41.9 Å². The molecule has 1 saturated carbocycles. The van der Waals surface area contributed by atoms with Gasteiger partial charge in [0.05, 0.1) is 15.7 Å². The maximum Gasteiger partial charge on any atom is 0.274 e. The highest BCUT2D eigenvalue weighted by Gasteiger charge is 2.18. The molecule has 7 heteroatoms. The normalized spacial score (nSPS) is 14.6. The Morgan fingerprint density at radius 1 is 1.17 bits per heavy atom. The number of aromatic nitrogens is 2. The van der Waals surface area contributed by atoms with E-state index in [9.17, 15) is 4.79 Å². The smallest absolute Gasteiger partial charge is 0.274 e. The van der Waals surface area contributed by atoms with Gasteiger partial charge in [-0.25, -0.2) is 9.97 Å². The minimum absolute atomic E-state index is 0.277. The summed E-state index contributed by atoms with van der Waals surface area (Å²) < 4.78 is 0. The number of carbonyl (C=O) groups excluding carboxylic acids is 1. The molecule has 2 N–H and O–H groups in total. The number of nitrogens with zero attached hydrogens (tertiary/aromatic N) is 2. The maximum atomic E-state index is 12.5. The van der Waals surface area contributed by atoms with E-state index in [2.05, 4.69) is 20.6 Å². The minimum Gasteiger partial charge on any atom is -0.351 e. The van der Waals surface area contributed by atoms with Crippen LogP contribution in [0.5, 0.6) is 0 Å². The van der Waals surface area contributed by atoms with Gasteiger partial charge < -0.3 is 10.6 Å². The molecule has 1 fully saturated rings. The first-order valence-corrected chi connectivity index (χ1v) is 8.66. The van der Waals surface area contributed by atoms with Crippen molar-refractivity contribution in [2.75, 3.05) is 10.6 Å². The zero-order chi connectivity index (χ0) is 17.1. The van der Waals surface area contributed by atoms with E-state index in [0.29, 0.717) is 27.7 Å². The number of hydrogen-bond acceptors (Lipinski definition) is 4. The number of halogens is 2. The third-order valence-corrected chi connectivity index (χ3v) is 4.61. The monoisotopic (exact) mass is 364 g/mol. The first-order chi connectivity index (χ1) is 11.5. The van der Waals surface area contributed by atoms with E-state index in [4.69, 9.17) is 23.2 Å². The van der Waals surface area contributed by atoms with Gasteiger partial charge in [0.2, 0.25) is 5.95 Å². The number of benzene rings is 1. The topological polar surface area (TPSA) is 66.9 Å². The molecule has 0 unspecified atom stereocenters. The highest BCUT2D eigenvalue weighted by molar-refractivity contribution is 6.40. The summed E-state index contributed by atoms with van der Waals surface area (Å²) in [6.45, 7) is 1.83. The lowest BCUT2D eigenvalue weighted by Gasteiger charge is -2.13. The maximum absolute atomic E-state index is 12.5. The number of amides is 1. The van der Waals surface area contributed by atoms with Crippen molar-refractivity contribution in [3.05, 3.63) is 45.7 Å². The minimum atomic E-state index is -0.370. The molecule has 1 aromatic carbocycles. The third kappa shape index (κ3) is 3.97. The average molecular weight is 365 g/mol. The van der Waals surface area contributed by atoms with Gasteiger partial charge in [0.1, 0.15) is 5.69 Å². The van der Waals surface area contributed by atoms with Gasteiger partial charge >= 0.3 is 0 Å². The van der Waals surface area contributed by atoms with Crippen LogP contribution in [0.3, 0.4) is 0 Å². The molecule has 3 rings (SSSR count). The van der Waals surface area contributed by atoms with Gasteiger partial charge in [0.25, 0.3) is 5.91 Å². The molecule has 0 atom stereocenters. The Kier molecular flexibility index (Phi) is 5.21. The quantitative estimate of drug-likeness (QED) is 0.824. The van der Waals surface area contributed by atoms with Crippen molar-refractivity contribution in [3.8, 4) is 0 Å². The van der Waals surface area contributed by atoms with Crippen LogP contribution in [0.2, 0.25) is 10.0 Å². The van der Waals surface area contributed by atoms with Crippen LogP contribution in [-0.2, 0) is 0 Å². The van der Waals surface area contributed by atoms with E-state index in [1.54, 1.807) is 24.3 Å². The Morgan fingerprint density at radius 2 is 1.83 bits per heavy atom. The molecule has 2 aromatic rings. The number of aryl methyl sites for hydroxylation is 1. The molecule has 0 bridgehead atoms. The van der Waals surface area contributed by atoms with Gasteiger partial charge in [-0.3, -0.25) is 4.79 Å². The van der Waals surface area contributed by atoms with Gasteiger partial charge in [0, 0.05) is 11.7 Å². The number of carbonyl (C=O) groups is 1. The van der Waals surface area contributed by atoms with Crippen molar-refractivity contribution in [3.63, 3.8) is 0 Å². The molecule has 1 aromatic heterocycles. The zero-order valence-corrected chi connectivity index (χ0v) is 14.8. The lowest BCUT2D eigenvalue weighted by atomic mass is 10.2. The first kappa shape index (κ1) is 17.0. The van der Waals surface area contributed by atoms with E-state index in [-0.39, 0.29) is 11.6 Å². The Bertz CT molecular complexity index is 740. The Labute approximate surface area is 150 Å². The molecule has 24 heavy (non-hydrogen) atoms. The summed E-state index contributed by atoms with van der Waals surface area (Å²) in [4.78, 5) is 21.2. The molecule has 0 aliphatic heterocycles. The molecular formula is C17H18Cl2N4O. The summed E-state index contributed by atoms with van der Waals surface area (Å²) in [5, 5.41) is 6.79. The average Bonchev–Trinajstić information content (AvgIpc) is 3.03. The van der Waals surface area contributed by atoms with E-state index in [1.807, 2.05) is 6.92 Å². The summed E-state index contributed by atoms with van der Waals surface area (Å²) >= 11 is 12.2. The second-order valence-electron chi connectivity index (χ2n) is 5.89. The van der Waals surface area contributed by atoms with Gasteiger partial charge in [-0.1, -0.05) is 42.1 Å². The molecule has 1 amide bonds. The molecule has 0 saturated heterocycles. The first-order valence-electron chi connectivity index (χ1n) is 7.90. The summed E-state index contributed by atoms with van der Waals surface area (Å²) in [5.41, 5.74) is 1.38. The second kappa shape index (κ2) is 7.36. The molecule has 5 nitrogen and oxygen atoms in total. The Balaban J connectivity index is 1.80. The molecule has 1 aliphatic rings. The van der Waals surface area contributed by atoms with E-state index in [1.165, 1.54) is 12.8 Å². The fraction of sp³-hybridized carbons (Fsp3) is 0.353. The molecule has 0 spiro atoms. The van der Waals surface area contributed by atoms with Crippen LogP contribution in [0.25, 0.3) is 0 Å². The van der Waals surface area contributed by atoms with Crippen molar-refractivity contribution < 1.29 is 4.79 Å². The SMILES string of the molecule is Cc1cc(C(=O)Nc2c(Cl)cccc2Cl)nc(NC2CCCC2)n1. The lowest BCUT2D eigenvalue weighted by molar-refractivity contribution is 0.102. The molecule has 1 heterocycles. The highest BCUT2D eigenvalue weighted by Crippen LogP contribution is 2.30. The fourth-order valence-corrected chi connectivity index (χ4v) is 3.29. The number of para-hydroxylation sites is 1. The summed E-state index contributed by atoms with van der Waals surface area (Å²) in [7, 11) is 0. The number of anilines is 2. The fourth-order valence-electron chi connectivity index (χ4n) is 2.80. The molecule has 1 aliphatic carbocycles. The van der Waals surface area contributed by atoms with Crippen LogP contribution >= 0.6 is 23.2 Å². The van der Waals surface area contributed by atoms with E-state index >= 15 is 0 Å². The standard InChI is InChI=1S/C17H18Cl2N4O/c1-10-9-14(22-17(20-10)21-11-5-2-3-6-11)16(24)23-15-12(18)7-4-8-13(15)19/h4,7-9,11H,2-3,5-6H2,1H3,(H,23,24)(H,20,21,22). The second-order valence-corrected chi connectivity index (χ2v) is 6.71. The van der Waals surface area contributed by atoms with Crippen LogP contribution in [0.4, 0.5) is 11.6 Å². The predicted molar refractivity (Wildman–Crippen MR) is 97.1 cm³/mol. The van der Waals surface area contributed by atoms with Crippen molar-refractivity contribution in [1.29, 1.82) is 0 Å². The van der Waals surface area contributed by atoms with Gasteiger partial charge in [-0.15, -0.1) is 0 Å². The van der Waals surface area contributed by atoms with Gasteiger partial charge in [-0.2, -0.15) is 0 Å². The largest absolute Gasteiger partial charge is 0.351 e. The molecular weight excluding hydrogens is 347 g/mol. The lowest BCUT2D eigenvalue weighted by Crippen LogP contribution is -2.20. The third-order valence-electron chi connectivity index (χ3n) is 3.98. The van der Waals surface area contributed by atoms with Crippen molar-refractivity contribution in [2.24, 2.45) is 0 Å². The van der Waals surface area contributed by atoms with Crippen LogP contribution in [0, 0.1) is 6.92 Å². The van der Waals surface area contributed by atoms with Gasteiger partial charge in [0.15, 0.2) is 0 Å². The van der Waals surface area contributed by atoms with Crippen LogP contribution < -0.4 is 10.6 Å². The highest BCUT2D eigenvalue weighted by atomic mass is 35.5. The zero-order valence-electron chi connectivity index (χ0n) is 13.3. The molecule has 0 radical (unpaired) electrons. The summed E-state index contributed by atoms with van der Waals surface area (Å²) in [6, 6.07) is 7.07. The number of nitrogens with one attached hydrogen (secondary N) is 2. The van der Waals surface area contributed by atoms with Crippen molar-refractivity contribution >= 4 is 40.7 Å². The Morgan fingerprint density at radius 3 is 2.50 bits per heavy atom. The van der Waals surface area contributed by atoms with Crippen molar-refractivity contribution in [1.82, 2.24) is 9.97 Å². The molecule has 126 valence electrons. The van der Waals surface area contributed by atoms with Crippen LogP contribution in [-0.4, -0.2) is 21.9 Å². The van der Waals surface area contributed by atoms with Gasteiger partial charge in [-0.05, 0) is 38.0 Å². The van der Waals surface area contributed by atoms with E-state index in [0.717, 1.165) is 18.5 Å². The predicted octanol–water partition coefficient (Wildman–Crippen LogP) is 4.70. The van der Waals surface area contributed by atoms with Crippen molar-refractivity contribution in [2.45, 2.75) is 38.6 Å².